The number of hydrogen-bond donors (Lipinski definition) is 1. The van der Waals surface area contributed by atoms with Gasteiger partial charge in [-0.25, -0.2) is 4.98 Å². The summed E-state index contributed by atoms with van der Waals surface area (Å²) in [6.45, 7) is 0. The molecule has 0 saturated carbocycles. The number of hydrogen-bond acceptors (Lipinski definition) is 3. The molecule has 1 aliphatic heterocycles. The maximum Gasteiger partial charge on any atom is 0.256 e. The number of carbonyl (C=O) groups is 1. The quantitative estimate of drug-likeness (QED) is 0.909. The summed E-state index contributed by atoms with van der Waals surface area (Å²) in [5.74, 6) is 1.66. The van der Waals surface area contributed by atoms with E-state index in [1.165, 1.54) is 22.6 Å². The van der Waals surface area contributed by atoms with Crippen molar-refractivity contribution in [2.45, 2.75) is 17.7 Å². The van der Waals surface area contributed by atoms with Crippen LogP contribution in [0, 0.1) is 0 Å². The Bertz CT molecular complexity index is 598. The van der Waals surface area contributed by atoms with Crippen molar-refractivity contribution in [2.24, 2.45) is 0 Å². The summed E-state index contributed by atoms with van der Waals surface area (Å²) in [7, 11) is 0. The summed E-state index contributed by atoms with van der Waals surface area (Å²) < 4.78 is 0. The van der Waals surface area contributed by atoms with Crippen LogP contribution in [0.4, 0.5) is 5.82 Å². The first kappa shape index (κ1) is 12.2. The van der Waals surface area contributed by atoms with Crippen LogP contribution in [0.5, 0.6) is 0 Å². The first-order valence-electron chi connectivity index (χ1n) is 6.31. The monoisotopic (exact) mass is 270 g/mol. The minimum absolute atomic E-state index is 0.0999. The molecule has 96 valence electrons. The zero-order valence-electron chi connectivity index (χ0n) is 10.4. The van der Waals surface area contributed by atoms with E-state index in [4.69, 9.17) is 0 Å². The van der Waals surface area contributed by atoms with Gasteiger partial charge in [0.1, 0.15) is 5.82 Å². The fourth-order valence-electron chi connectivity index (χ4n) is 2.13. The number of aryl methyl sites for hydroxylation is 1. The van der Waals surface area contributed by atoms with Crippen molar-refractivity contribution in [3.63, 3.8) is 0 Å². The second-order valence-electron chi connectivity index (χ2n) is 4.44. The van der Waals surface area contributed by atoms with Crippen LogP contribution in [-0.2, 0) is 6.42 Å². The Hall–Kier alpha value is -1.81. The number of nitrogens with zero attached hydrogens (tertiary/aromatic N) is 1. The number of rotatable bonds is 2. The van der Waals surface area contributed by atoms with Gasteiger partial charge in [-0.3, -0.25) is 4.79 Å². The number of carbonyl (C=O) groups excluding carboxylic acids is 1. The highest BCUT2D eigenvalue weighted by Crippen LogP contribution is 2.30. The molecule has 0 bridgehead atoms. The third-order valence-corrected chi connectivity index (χ3v) is 4.28. The van der Waals surface area contributed by atoms with Crippen LogP contribution in [0.3, 0.4) is 0 Å². The van der Waals surface area contributed by atoms with Gasteiger partial charge in [0.2, 0.25) is 0 Å². The topological polar surface area (TPSA) is 42.0 Å². The molecule has 0 radical (unpaired) electrons. The van der Waals surface area contributed by atoms with Crippen LogP contribution in [0.2, 0.25) is 0 Å². The fraction of sp³-hybridized carbons (Fsp3) is 0.200. The van der Waals surface area contributed by atoms with E-state index in [-0.39, 0.29) is 5.91 Å². The molecule has 0 atom stereocenters. The molecule has 2 aromatic rings. The van der Waals surface area contributed by atoms with Crippen molar-refractivity contribution in [1.82, 2.24) is 4.98 Å². The van der Waals surface area contributed by atoms with Crippen LogP contribution in [0.25, 0.3) is 0 Å². The summed E-state index contributed by atoms with van der Waals surface area (Å²) in [5, 5.41) is 2.81. The number of benzene rings is 1. The number of pyridine rings is 1. The lowest BCUT2D eigenvalue weighted by Gasteiger charge is -2.15. The third kappa shape index (κ3) is 2.79. The maximum absolute atomic E-state index is 12.1. The Morgan fingerprint density at radius 2 is 2.21 bits per heavy atom. The molecule has 4 heteroatoms. The lowest BCUT2D eigenvalue weighted by atomic mass is 10.1. The van der Waals surface area contributed by atoms with Crippen LogP contribution >= 0.6 is 11.8 Å². The predicted octanol–water partition coefficient (Wildman–Crippen LogP) is 3.37. The molecule has 0 saturated heterocycles. The Kier molecular flexibility index (Phi) is 3.51. The Morgan fingerprint density at radius 1 is 1.26 bits per heavy atom. The number of anilines is 1. The average Bonchev–Trinajstić information content (AvgIpc) is 2.48. The van der Waals surface area contributed by atoms with Crippen molar-refractivity contribution in [2.75, 3.05) is 11.1 Å². The van der Waals surface area contributed by atoms with Gasteiger partial charge in [-0.05, 0) is 54.5 Å². The zero-order chi connectivity index (χ0) is 13.1. The van der Waals surface area contributed by atoms with E-state index in [0.717, 1.165) is 6.42 Å². The van der Waals surface area contributed by atoms with Gasteiger partial charge < -0.3 is 5.32 Å². The van der Waals surface area contributed by atoms with Crippen molar-refractivity contribution < 1.29 is 4.79 Å². The largest absolute Gasteiger partial charge is 0.307 e. The highest BCUT2D eigenvalue weighted by molar-refractivity contribution is 7.99. The van der Waals surface area contributed by atoms with E-state index in [1.54, 1.807) is 12.3 Å². The van der Waals surface area contributed by atoms with Gasteiger partial charge in [-0.2, -0.15) is 0 Å². The highest BCUT2D eigenvalue weighted by atomic mass is 32.2. The van der Waals surface area contributed by atoms with Crippen LogP contribution in [0.1, 0.15) is 22.3 Å². The smallest absolute Gasteiger partial charge is 0.256 e. The highest BCUT2D eigenvalue weighted by Gasteiger charge is 2.13. The van der Waals surface area contributed by atoms with Gasteiger partial charge >= 0.3 is 0 Å². The molecule has 2 heterocycles. The predicted molar refractivity (Wildman–Crippen MR) is 77.7 cm³/mol. The maximum atomic E-state index is 12.1. The lowest BCUT2D eigenvalue weighted by Crippen LogP contribution is -2.13. The second kappa shape index (κ2) is 5.45. The van der Waals surface area contributed by atoms with E-state index < -0.39 is 0 Å². The molecule has 0 aliphatic carbocycles. The standard InChI is InChI=1S/C15H14N2OS/c18-15(17-14-5-1-2-8-16-14)12-6-7-13-11(10-12)4-3-9-19-13/h1-2,5-8,10H,3-4,9H2,(H,16,17,18). The molecular formula is C15H14N2OS. The van der Waals surface area contributed by atoms with Crippen molar-refractivity contribution >= 4 is 23.5 Å². The van der Waals surface area contributed by atoms with E-state index >= 15 is 0 Å². The van der Waals surface area contributed by atoms with E-state index in [2.05, 4.69) is 10.3 Å². The van der Waals surface area contributed by atoms with E-state index in [9.17, 15) is 4.79 Å². The minimum atomic E-state index is -0.0999. The first-order valence-corrected chi connectivity index (χ1v) is 7.29. The Morgan fingerprint density at radius 3 is 3.05 bits per heavy atom. The van der Waals surface area contributed by atoms with Gasteiger partial charge in [-0.1, -0.05) is 6.07 Å². The summed E-state index contributed by atoms with van der Waals surface area (Å²) in [6.07, 6.45) is 3.91. The summed E-state index contributed by atoms with van der Waals surface area (Å²) in [4.78, 5) is 17.5. The van der Waals surface area contributed by atoms with Crippen molar-refractivity contribution in [3.05, 3.63) is 53.7 Å². The lowest BCUT2D eigenvalue weighted by molar-refractivity contribution is 0.102. The molecule has 3 rings (SSSR count). The fourth-order valence-corrected chi connectivity index (χ4v) is 3.15. The minimum Gasteiger partial charge on any atom is -0.307 e. The molecule has 1 aromatic heterocycles. The molecule has 0 fully saturated rings. The summed E-state index contributed by atoms with van der Waals surface area (Å²) in [6, 6.07) is 11.4. The van der Waals surface area contributed by atoms with Crippen molar-refractivity contribution in [3.8, 4) is 0 Å². The van der Waals surface area contributed by atoms with Crippen molar-refractivity contribution in [1.29, 1.82) is 0 Å². The number of nitrogens with one attached hydrogen (secondary N) is 1. The van der Waals surface area contributed by atoms with E-state index in [0.29, 0.717) is 11.4 Å². The average molecular weight is 270 g/mol. The molecule has 0 unspecified atom stereocenters. The van der Waals surface area contributed by atoms with Gasteiger partial charge in [0.25, 0.3) is 5.91 Å². The Labute approximate surface area is 116 Å². The normalized spacial score (nSPS) is 13.7. The zero-order valence-corrected chi connectivity index (χ0v) is 11.2. The first-order chi connectivity index (χ1) is 9.33. The SMILES string of the molecule is O=C(Nc1ccccn1)c1ccc2c(c1)CCCS2. The summed E-state index contributed by atoms with van der Waals surface area (Å²) in [5.41, 5.74) is 1.98. The van der Waals surface area contributed by atoms with Gasteiger partial charge in [-0.15, -0.1) is 11.8 Å². The number of fused-ring (bicyclic) bond motifs is 1. The van der Waals surface area contributed by atoms with Gasteiger partial charge in [0, 0.05) is 16.7 Å². The summed E-state index contributed by atoms with van der Waals surface area (Å²) >= 11 is 1.87. The molecule has 0 spiro atoms. The molecule has 19 heavy (non-hydrogen) atoms. The molecule has 1 aromatic carbocycles. The molecule has 1 N–H and O–H groups in total. The molecule has 1 amide bonds. The molecular weight excluding hydrogens is 256 g/mol. The van der Waals surface area contributed by atoms with Crippen LogP contribution < -0.4 is 5.32 Å². The molecule has 3 nitrogen and oxygen atoms in total. The van der Waals surface area contributed by atoms with Crippen LogP contribution in [0.15, 0.2) is 47.5 Å². The van der Waals surface area contributed by atoms with Gasteiger partial charge in [0.05, 0.1) is 0 Å². The third-order valence-electron chi connectivity index (χ3n) is 3.08. The van der Waals surface area contributed by atoms with E-state index in [1.807, 2.05) is 42.1 Å². The number of thioether (sulfide) groups is 1. The molecule has 1 aliphatic rings. The van der Waals surface area contributed by atoms with Crippen LogP contribution in [-0.4, -0.2) is 16.6 Å². The number of aromatic nitrogens is 1. The second-order valence-corrected chi connectivity index (χ2v) is 5.58. The van der Waals surface area contributed by atoms with Gasteiger partial charge in [0.15, 0.2) is 0 Å². The Balaban J connectivity index is 1.80. The number of amides is 1.